The van der Waals surface area contributed by atoms with Crippen molar-refractivity contribution in [2.24, 2.45) is 11.0 Å². The van der Waals surface area contributed by atoms with Gasteiger partial charge in [-0.2, -0.15) is 0 Å². The third kappa shape index (κ3) is 4.83. The van der Waals surface area contributed by atoms with Crippen LogP contribution in [-0.2, 0) is 23.7 Å². The number of hydrogen-bond acceptors (Lipinski definition) is 6. The van der Waals surface area contributed by atoms with Crippen LogP contribution in [0.1, 0.15) is 46.5 Å². The van der Waals surface area contributed by atoms with Crippen molar-refractivity contribution >= 4 is 5.97 Å². The first-order valence-electron chi connectivity index (χ1n) is 8.50. The third-order valence-electron chi connectivity index (χ3n) is 4.48. The molecule has 2 rings (SSSR count). The van der Waals surface area contributed by atoms with Gasteiger partial charge in [-0.1, -0.05) is 24.9 Å². The molecule has 24 heavy (non-hydrogen) atoms. The fraction of sp³-hybridized carbons (Fsp3) is 0.938. The van der Waals surface area contributed by atoms with E-state index in [2.05, 4.69) is 16.9 Å². The van der Waals surface area contributed by atoms with Gasteiger partial charge in [0.05, 0.1) is 32.3 Å². The quantitative estimate of drug-likeness (QED) is 0.211. The van der Waals surface area contributed by atoms with Crippen molar-refractivity contribution in [3.05, 3.63) is 10.4 Å². The van der Waals surface area contributed by atoms with Crippen molar-refractivity contribution < 1.29 is 23.7 Å². The Hall–Kier alpha value is -1.34. The molecule has 2 aliphatic heterocycles. The zero-order valence-corrected chi connectivity index (χ0v) is 14.8. The van der Waals surface area contributed by atoms with E-state index in [1.165, 1.54) is 7.11 Å². The summed E-state index contributed by atoms with van der Waals surface area (Å²) in [5, 5.41) is 3.61. The van der Waals surface area contributed by atoms with Crippen LogP contribution >= 0.6 is 0 Å². The second-order valence-corrected chi connectivity index (χ2v) is 6.80. The van der Waals surface area contributed by atoms with E-state index in [0.717, 1.165) is 19.3 Å². The zero-order valence-electron chi connectivity index (χ0n) is 14.8. The molecule has 2 fully saturated rings. The van der Waals surface area contributed by atoms with E-state index in [4.69, 9.17) is 24.5 Å². The van der Waals surface area contributed by atoms with Gasteiger partial charge in [0.2, 0.25) is 0 Å². The normalized spacial score (nSPS) is 32.0. The highest BCUT2D eigenvalue weighted by molar-refractivity contribution is 5.69. The number of carbonyl (C=O) groups is 1. The molecule has 5 atom stereocenters. The summed E-state index contributed by atoms with van der Waals surface area (Å²) in [6, 6.07) is 0. The maximum atomic E-state index is 11.7. The Labute approximate surface area is 142 Å². The summed E-state index contributed by atoms with van der Waals surface area (Å²) in [4.78, 5) is 14.5. The SMILES string of the molecule is CCCC[C@@H](CC(=O)OC)[C@@H]1O[C@H]1[C@@H]1OC(C)(C)O[C@@H]1CN=[N+]=[N-]. The average molecular weight is 341 g/mol. The maximum Gasteiger partial charge on any atom is 0.305 e. The van der Waals surface area contributed by atoms with Crippen molar-refractivity contribution in [1.82, 2.24) is 0 Å². The number of methoxy groups -OCH3 is 1. The first-order chi connectivity index (χ1) is 11.4. The summed E-state index contributed by atoms with van der Waals surface area (Å²) in [5.74, 6) is -0.854. The molecule has 0 aromatic heterocycles. The standard InChI is InChI=1S/C16H27N3O5/c1-5-6-7-10(8-12(20)21-4)13-15(22-13)14-11(9-18-19-17)23-16(2,3)24-14/h10-11,13-15H,5-9H2,1-4H3/t10-,11+,13-,14+,15+/m0/s1. The second kappa shape index (κ2) is 8.16. The lowest BCUT2D eigenvalue weighted by Crippen LogP contribution is -2.33. The first-order valence-corrected chi connectivity index (χ1v) is 8.50. The molecule has 0 unspecified atom stereocenters. The van der Waals surface area contributed by atoms with Crippen LogP contribution in [0.2, 0.25) is 0 Å². The lowest BCUT2D eigenvalue weighted by Gasteiger charge is -2.17. The average Bonchev–Trinajstić information content (AvgIpc) is 3.27. The molecule has 0 aliphatic carbocycles. The molecule has 0 radical (unpaired) electrons. The molecule has 0 spiro atoms. The van der Waals surface area contributed by atoms with E-state index in [1.54, 1.807) is 0 Å². The summed E-state index contributed by atoms with van der Waals surface area (Å²) in [5.41, 5.74) is 8.54. The lowest BCUT2D eigenvalue weighted by atomic mass is 9.91. The number of hydrogen-bond donors (Lipinski definition) is 0. The van der Waals surface area contributed by atoms with Gasteiger partial charge < -0.3 is 18.9 Å². The molecule has 8 heteroatoms. The number of rotatable bonds is 9. The highest BCUT2D eigenvalue weighted by Crippen LogP contribution is 2.43. The Morgan fingerprint density at radius 2 is 2.12 bits per heavy atom. The molecule has 8 nitrogen and oxygen atoms in total. The molecular weight excluding hydrogens is 314 g/mol. The monoisotopic (exact) mass is 341 g/mol. The molecule has 0 bridgehead atoms. The second-order valence-electron chi connectivity index (χ2n) is 6.80. The zero-order chi connectivity index (χ0) is 17.7. The van der Waals surface area contributed by atoms with Crippen LogP contribution in [0.5, 0.6) is 0 Å². The number of azide groups is 1. The predicted molar refractivity (Wildman–Crippen MR) is 86.1 cm³/mol. The van der Waals surface area contributed by atoms with Gasteiger partial charge in [-0.3, -0.25) is 4.79 Å². The van der Waals surface area contributed by atoms with E-state index in [0.29, 0.717) is 6.42 Å². The number of unbranched alkanes of at least 4 members (excludes halogenated alkanes) is 1. The number of carbonyl (C=O) groups excluding carboxylic acids is 1. The van der Waals surface area contributed by atoms with E-state index in [1.807, 2.05) is 13.8 Å². The van der Waals surface area contributed by atoms with Gasteiger partial charge in [0.15, 0.2) is 5.79 Å². The minimum absolute atomic E-state index is 0.0493. The molecule has 2 saturated heterocycles. The Morgan fingerprint density at radius 3 is 2.75 bits per heavy atom. The van der Waals surface area contributed by atoms with E-state index in [9.17, 15) is 4.79 Å². The lowest BCUT2D eigenvalue weighted by molar-refractivity contribution is -0.147. The molecular formula is C16H27N3O5. The van der Waals surface area contributed by atoms with Crippen LogP contribution in [0.15, 0.2) is 5.11 Å². The molecule has 0 N–H and O–H groups in total. The van der Waals surface area contributed by atoms with Crippen LogP contribution in [0.4, 0.5) is 0 Å². The van der Waals surface area contributed by atoms with Crippen LogP contribution < -0.4 is 0 Å². The van der Waals surface area contributed by atoms with Crippen LogP contribution in [-0.4, -0.2) is 49.8 Å². The Balaban J connectivity index is 2.01. The molecule has 0 saturated carbocycles. The summed E-state index contributed by atoms with van der Waals surface area (Å²) in [7, 11) is 1.40. The molecule has 0 amide bonds. The van der Waals surface area contributed by atoms with E-state index in [-0.39, 0.29) is 42.8 Å². The largest absolute Gasteiger partial charge is 0.469 e. The molecule has 0 aromatic rings. The smallest absolute Gasteiger partial charge is 0.305 e. The number of nitrogens with zero attached hydrogens (tertiary/aromatic N) is 3. The fourth-order valence-corrected chi connectivity index (χ4v) is 3.33. The first kappa shape index (κ1) is 19.0. The maximum absolute atomic E-state index is 11.7. The highest BCUT2D eigenvalue weighted by Gasteiger charge is 2.57. The molecule has 0 aromatic carbocycles. The van der Waals surface area contributed by atoms with Crippen LogP contribution in [0.25, 0.3) is 10.4 Å². The van der Waals surface area contributed by atoms with Crippen LogP contribution in [0, 0.1) is 5.92 Å². The highest BCUT2D eigenvalue weighted by atomic mass is 16.8. The minimum Gasteiger partial charge on any atom is -0.469 e. The van der Waals surface area contributed by atoms with Gasteiger partial charge in [-0.05, 0) is 31.7 Å². The molecule has 136 valence electrons. The minimum atomic E-state index is -0.738. The Morgan fingerprint density at radius 1 is 1.38 bits per heavy atom. The van der Waals surface area contributed by atoms with E-state index < -0.39 is 5.79 Å². The number of esters is 1. The summed E-state index contributed by atoms with van der Waals surface area (Å²) >= 11 is 0. The van der Waals surface area contributed by atoms with Gasteiger partial charge in [0.1, 0.15) is 12.2 Å². The van der Waals surface area contributed by atoms with Crippen molar-refractivity contribution in [1.29, 1.82) is 0 Å². The van der Waals surface area contributed by atoms with Crippen molar-refractivity contribution in [2.45, 2.75) is 76.7 Å². The van der Waals surface area contributed by atoms with E-state index >= 15 is 0 Å². The van der Waals surface area contributed by atoms with Gasteiger partial charge in [-0.15, -0.1) is 0 Å². The summed E-state index contributed by atoms with van der Waals surface area (Å²) in [6.45, 7) is 5.98. The van der Waals surface area contributed by atoms with Crippen molar-refractivity contribution in [3.63, 3.8) is 0 Å². The van der Waals surface area contributed by atoms with Gasteiger partial charge >= 0.3 is 5.97 Å². The Kier molecular flexibility index (Phi) is 6.46. The molecule has 2 heterocycles. The van der Waals surface area contributed by atoms with Crippen molar-refractivity contribution in [3.8, 4) is 0 Å². The summed E-state index contributed by atoms with van der Waals surface area (Å²) in [6.07, 6.45) is 2.52. The van der Waals surface area contributed by atoms with Gasteiger partial charge in [-0.25, -0.2) is 0 Å². The number of epoxide rings is 1. The van der Waals surface area contributed by atoms with Gasteiger partial charge in [0, 0.05) is 4.91 Å². The van der Waals surface area contributed by atoms with Crippen LogP contribution in [0.3, 0.4) is 0 Å². The Bertz CT molecular complexity index is 492. The third-order valence-corrected chi connectivity index (χ3v) is 4.48. The molecule has 2 aliphatic rings. The number of ether oxygens (including phenoxy) is 4. The van der Waals surface area contributed by atoms with Gasteiger partial charge in [0.25, 0.3) is 0 Å². The van der Waals surface area contributed by atoms with Crippen molar-refractivity contribution in [2.75, 3.05) is 13.7 Å². The fourth-order valence-electron chi connectivity index (χ4n) is 3.33. The summed E-state index contributed by atoms with van der Waals surface area (Å²) < 4.78 is 22.4. The topological polar surface area (TPSA) is 106 Å². The predicted octanol–water partition coefficient (Wildman–Crippen LogP) is 2.95.